The first kappa shape index (κ1) is 15.5. The normalized spacial score (nSPS) is 16.5. The molecule has 0 aliphatic heterocycles. The molecular formula is C17H24N2O2. The van der Waals surface area contributed by atoms with Crippen molar-refractivity contribution in [1.82, 2.24) is 10.6 Å². The lowest BCUT2D eigenvalue weighted by atomic mass is 10.1. The molecule has 1 aromatic rings. The fourth-order valence-electron chi connectivity index (χ4n) is 2.73. The van der Waals surface area contributed by atoms with Gasteiger partial charge in [-0.15, -0.1) is 0 Å². The van der Waals surface area contributed by atoms with Crippen LogP contribution in [0.25, 0.3) is 0 Å². The first-order chi connectivity index (χ1) is 10.1. The van der Waals surface area contributed by atoms with E-state index in [0.29, 0.717) is 0 Å². The summed E-state index contributed by atoms with van der Waals surface area (Å²) < 4.78 is 0. The van der Waals surface area contributed by atoms with Gasteiger partial charge in [-0.3, -0.25) is 9.59 Å². The van der Waals surface area contributed by atoms with Gasteiger partial charge in [-0.1, -0.05) is 42.7 Å². The fraction of sp³-hybridized carbons (Fsp3) is 0.529. The molecule has 4 nitrogen and oxygen atoms in total. The lowest BCUT2D eigenvalue weighted by molar-refractivity contribution is -0.128. The number of nitrogens with one attached hydrogen (secondary N) is 2. The van der Waals surface area contributed by atoms with Crippen molar-refractivity contribution in [1.29, 1.82) is 0 Å². The smallest absolute Gasteiger partial charge is 0.239 e. The Morgan fingerprint density at radius 1 is 1.19 bits per heavy atom. The molecule has 2 rings (SSSR count). The number of hydrogen-bond donors (Lipinski definition) is 2. The van der Waals surface area contributed by atoms with Crippen LogP contribution in [0.5, 0.6) is 0 Å². The number of rotatable bonds is 5. The molecule has 0 saturated heterocycles. The summed E-state index contributed by atoms with van der Waals surface area (Å²) in [6.45, 7) is 4.04. The lowest BCUT2D eigenvalue weighted by Gasteiger charge is -2.16. The molecule has 1 saturated carbocycles. The SMILES string of the molecule is Cc1ccc(C(C)NC(=O)CNC(=O)C2CCCC2)cc1. The van der Waals surface area contributed by atoms with E-state index in [1.807, 2.05) is 38.1 Å². The first-order valence-corrected chi connectivity index (χ1v) is 7.70. The van der Waals surface area contributed by atoms with Gasteiger partial charge < -0.3 is 10.6 Å². The van der Waals surface area contributed by atoms with Gasteiger partial charge in [0.15, 0.2) is 0 Å². The minimum atomic E-state index is -0.144. The van der Waals surface area contributed by atoms with Gasteiger partial charge in [0.25, 0.3) is 0 Å². The van der Waals surface area contributed by atoms with Crippen molar-refractivity contribution in [2.24, 2.45) is 5.92 Å². The molecule has 0 heterocycles. The van der Waals surface area contributed by atoms with Crippen molar-refractivity contribution in [2.45, 2.75) is 45.6 Å². The van der Waals surface area contributed by atoms with E-state index in [-0.39, 0.29) is 30.3 Å². The number of carbonyl (C=O) groups excluding carboxylic acids is 2. The minimum Gasteiger partial charge on any atom is -0.348 e. The maximum absolute atomic E-state index is 11.9. The van der Waals surface area contributed by atoms with Crippen molar-refractivity contribution >= 4 is 11.8 Å². The average molecular weight is 288 g/mol. The Labute approximate surface area is 126 Å². The van der Waals surface area contributed by atoms with Crippen molar-refractivity contribution in [3.63, 3.8) is 0 Å². The molecule has 1 aromatic carbocycles. The Morgan fingerprint density at radius 2 is 1.81 bits per heavy atom. The third-order valence-corrected chi connectivity index (χ3v) is 4.10. The Balaban J connectivity index is 1.75. The molecule has 1 fully saturated rings. The molecule has 1 atom stereocenters. The average Bonchev–Trinajstić information content (AvgIpc) is 2.99. The standard InChI is InChI=1S/C17H24N2O2/c1-12-7-9-14(10-8-12)13(2)19-16(20)11-18-17(21)15-5-3-4-6-15/h7-10,13,15H,3-6,11H2,1-2H3,(H,18,21)(H,19,20). The summed E-state index contributed by atoms with van der Waals surface area (Å²) in [5, 5.41) is 5.65. The quantitative estimate of drug-likeness (QED) is 0.874. The zero-order valence-corrected chi connectivity index (χ0v) is 12.8. The molecular weight excluding hydrogens is 264 g/mol. The maximum atomic E-state index is 11.9. The van der Waals surface area contributed by atoms with Crippen LogP contribution >= 0.6 is 0 Å². The molecule has 0 aromatic heterocycles. The van der Waals surface area contributed by atoms with Gasteiger partial charge in [-0.25, -0.2) is 0 Å². The highest BCUT2D eigenvalue weighted by atomic mass is 16.2. The third-order valence-electron chi connectivity index (χ3n) is 4.10. The monoisotopic (exact) mass is 288 g/mol. The summed E-state index contributed by atoms with van der Waals surface area (Å²) in [7, 11) is 0. The van der Waals surface area contributed by atoms with Gasteiger partial charge in [-0.2, -0.15) is 0 Å². The molecule has 1 aliphatic rings. The molecule has 1 aliphatic carbocycles. The Kier molecular flexibility index (Phi) is 5.37. The summed E-state index contributed by atoms with van der Waals surface area (Å²) in [6, 6.07) is 8.02. The zero-order valence-electron chi connectivity index (χ0n) is 12.8. The van der Waals surface area contributed by atoms with Crippen LogP contribution in [0.1, 0.15) is 49.8 Å². The number of aryl methyl sites for hydroxylation is 1. The summed E-state index contributed by atoms with van der Waals surface area (Å²) in [5.74, 6) is -0.0209. The van der Waals surface area contributed by atoms with E-state index in [1.54, 1.807) is 0 Å². The van der Waals surface area contributed by atoms with Crippen LogP contribution < -0.4 is 10.6 Å². The highest BCUT2D eigenvalue weighted by Gasteiger charge is 2.22. The van der Waals surface area contributed by atoms with Crippen LogP contribution in [0.4, 0.5) is 0 Å². The van der Waals surface area contributed by atoms with E-state index >= 15 is 0 Å². The van der Waals surface area contributed by atoms with E-state index in [4.69, 9.17) is 0 Å². The van der Waals surface area contributed by atoms with Crippen LogP contribution in [-0.4, -0.2) is 18.4 Å². The zero-order chi connectivity index (χ0) is 15.2. The predicted octanol–water partition coefficient (Wildman–Crippen LogP) is 2.48. The first-order valence-electron chi connectivity index (χ1n) is 7.70. The second kappa shape index (κ2) is 7.25. The molecule has 2 N–H and O–H groups in total. The van der Waals surface area contributed by atoms with Crippen LogP contribution in [-0.2, 0) is 9.59 Å². The largest absolute Gasteiger partial charge is 0.348 e. The summed E-state index contributed by atoms with van der Waals surface area (Å²) in [6.07, 6.45) is 4.14. The van der Waals surface area contributed by atoms with Crippen molar-refractivity contribution in [2.75, 3.05) is 6.54 Å². The summed E-state index contributed by atoms with van der Waals surface area (Å²) in [4.78, 5) is 23.7. The van der Waals surface area contributed by atoms with Crippen LogP contribution in [0.2, 0.25) is 0 Å². The Bertz CT molecular complexity index is 490. The Hall–Kier alpha value is -1.84. The maximum Gasteiger partial charge on any atom is 0.239 e. The van der Waals surface area contributed by atoms with Crippen LogP contribution in [0.3, 0.4) is 0 Å². The molecule has 4 heteroatoms. The minimum absolute atomic E-state index is 0.0191. The van der Waals surface area contributed by atoms with Gasteiger partial charge in [0, 0.05) is 5.92 Å². The van der Waals surface area contributed by atoms with Crippen molar-refractivity contribution in [3.8, 4) is 0 Å². The topological polar surface area (TPSA) is 58.2 Å². The molecule has 0 bridgehead atoms. The summed E-state index contributed by atoms with van der Waals surface area (Å²) in [5.41, 5.74) is 2.26. The van der Waals surface area contributed by atoms with Gasteiger partial charge in [0.1, 0.15) is 0 Å². The highest BCUT2D eigenvalue weighted by Crippen LogP contribution is 2.24. The van der Waals surface area contributed by atoms with Crippen LogP contribution in [0.15, 0.2) is 24.3 Å². The molecule has 21 heavy (non-hydrogen) atoms. The second-order valence-corrected chi connectivity index (χ2v) is 5.90. The van der Waals surface area contributed by atoms with Gasteiger partial charge in [-0.05, 0) is 32.3 Å². The third kappa shape index (κ3) is 4.59. The lowest BCUT2D eigenvalue weighted by Crippen LogP contribution is -2.39. The molecule has 2 amide bonds. The molecule has 1 unspecified atom stereocenters. The van der Waals surface area contributed by atoms with Crippen molar-refractivity contribution in [3.05, 3.63) is 35.4 Å². The van der Waals surface area contributed by atoms with E-state index in [0.717, 1.165) is 31.2 Å². The Morgan fingerprint density at radius 3 is 2.43 bits per heavy atom. The number of amides is 2. The van der Waals surface area contributed by atoms with E-state index in [2.05, 4.69) is 10.6 Å². The van der Waals surface area contributed by atoms with Crippen LogP contribution in [0, 0.1) is 12.8 Å². The van der Waals surface area contributed by atoms with Gasteiger partial charge in [0.05, 0.1) is 12.6 Å². The van der Waals surface area contributed by atoms with E-state index < -0.39 is 0 Å². The fourth-order valence-corrected chi connectivity index (χ4v) is 2.73. The second-order valence-electron chi connectivity index (χ2n) is 5.90. The van der Waals surface area contributed by atoms with E-state index in [9.17, 15) is 9.59 Å². The number of carbonyl (C=O) groups is 2. The molecule has 0 spiro atoms. The number of benzene rings is 1. The number of hydrogen-bond acceptors (Lipinski definition) is 2. The molecule has 0 radical (unpaired) electrons. The molecule has 114 valence electrons. The van der Waals surface area contributed by atoms with Crippen molar-refractivity contribution < 1.29 is 9.59 Å². The predicted molar refractivity (Wildman–Crippen MR) is 82.7 cm³/mol. The van der Waals surface area contributed by atoms with Gasteiger partial charge in [0.2, 0.25) is 11.8 Å². The van der Waals surface area contributed by atoms with E-state index in [1.165, 1.54) is 5.56 Å². The summed E-state index contributed by atoms with van der Waals surface area (Å²) >= 11 is 0. The highest BCUT2D eigenvalue weighted by molar-refractivity contribution is 5.86. The van der Waals surface area contributed by atoms with Gasteiger partial charge >= 0.3 is 0 Å².